The van der Waals surface area contributed by atoms with Crippen LogP contribution in [-0.4, -0.2) is 47.9 Å². The number of hydrogen-bond acceptors (Lipinski definition) is 3. The van der Waals surface area contributed by atoms with Crippen LogP contribution in [0.15, 0.2) is 30.3 Å². The van der Waals surface area contributed by atoms with Crippen LogP contribution in [0.3, 0.4) is 0 Å². The van der Waals surface area contributed by atoms with Gasteiger partial charge in [0.15, 0.2) is 0 Å². The minimum absolute atomic E-state index is 1.16. The van der Waals surface area contributed by atoms with E-state index in [9.17, 15) is 0 Å². The standard InChI is InChI=1S/C7H7.3C4H10N.Hf/c1-7-5-3-2-4-6-7;3*1-3-5-4-2;/h2-6H,1H2;3*3-4H2,1-2H3;/q;3*-1;+3. The minimum atomic E-state index is -3.05. The van der Waals surface area contributed by atoms with Crippen molar-refractivity contribution in [3.05, 3.63) is 35.9 Å². The average molecular weight is 486 g/mol. The summed E-state index contributed by atoms with van der Waals surface area (Å²) in [5.41, 5.74) is 1.51. The molecule has 23 heavy (non-hydrogen) atoms. The van der Waals surface area contributed by atoms with E-state index in [2.05, 4.69) is 80.5 Å². The van der Waals surface area contributed by atoms with Crippen LogP contribution in [0.1, 0.15) is 47.1 Å². The summed E-state index contributed by atoms with van der Waals surface area (Å²) in [6.07, 6.45) is 0. The first-order chi connectivity index (χ1) is 11.1. The predicted molar refractivity (Wildman–Crippen MR) is 98.9 cm³/mol. The summed E-state index contributed by atoms with van der Waals surface area (Å²) in [5, 5.41) is 0. The van der Waals surface area contributed by atoms with Crippen LogP contribution in [0.25, 0.3) is 0 Å². The van der Waals surface area contributed by atoms with E-state index in [1.54, 1.807) is 0 Å². The van der Waals surface area contributed by atoms with Gasteiger partial charge in [0.2, 0.25) is 0 Å². The Balaban J connectivity index is 3.43. The number of hydrogen-bond donors (Lipinski definition) is 0. The molecule has 3 nitrogen and oxygen atoms in total. The monoisotopic (exact) mass is 487 g/mol. The van der Waals surface area contributed by atoms with Crippen molar-refractivity contribution >= 4 is 0 Å². The first-order valence-corrected chi connectivity index (χ1v) is 16.8. The Kier molecular flexibility index (Phi) is 9.83. The third-order valence-electron chi connectivity index (χ3n) is 5.09. The molecule has 0 atom stereocenters. The van der Waals surface area contributed by atoms with Crippen molar-refractivity contribution < 1.29 is 20.8 Å². The molecule has 0 aliphatic carbocycles. The molecule has 0 bridgehead atoms. The van der Waals surface area contributed by atoms with Crippen molar-refractivity contribution in [1.29, 1.82) is 0 Å². The summed E-state index contributed by atoms with van der Waals surface area (Å²) in [4.78, 5) is 0. The van der Waals surface area contributed by atoms with Gasteiger partial charge in [-0.1, -0.05) is 0 Å². The van der Waals surface area contributed by atoms with E-state index in [0.29, 0.717) is 0 Å². The number of benzene rings is 1. The van der Waals surface area contributed by atoms with E-state index in [-0.39, 0.29) is 0 Å². The van der Waals surface area contributed by atoms with Crippen molar-refractivity contribution in [1.82, 2.24) is 8.66 Å². The third-order valence-corrected chi connectivity index (χ3v) is 26.0. The zero-order valence-electron chi connectivity index (χ0n) is 16.2. The molecule has 0 N–H and O–H groups in total. The van der Waals surface area contributed by atoms with Crippen LogP contribution in [0, 0.1) is 0 Å². The van der Waals surface area contributed by atoms with Gasteiger partial charge in [-0.05, 0) is 0 Å². The van der Waals surface area contributed by atoms with Gasteiger partial charge in [-0.3, -0.25) is 0 Å². The van der Waals surface area contributed by atoms with Crippen molar-refractivity contribution in [2.45, 2.75) is 45.7 Å². The first kappa shape index (κ1) is 21.0. The van der Waals surface area contributed by atoms with E-state index < -0.39 is 20.8 Å². The third kappa shape index (κ3) is 4.75. The number of nitrogens with zero attached hydrogens (tertiary/aromatic N) is 3. The Morgan fingerprint density at radius 2 is 0.957 bits per heavy atom. The summed E-state index contributed by atoms with van der Waals surface area (Å²) in [5.74, 6) is 0. The van der Waals surface area contributed by atoms with Gasteiger partial charge in [-0.25, -0.2) is 0 Å². The van der Waals surface area contributed by atoms with Crippen LogP contribution >= 0.6 is 0 Å². The zero-order valence-corrected chi connectivity index (χ0v) is 19.8. The molecule has 0 aliphatic rings. The molecule has 0 aromatic heterocycles. The molecule has 0 aliphatic heterocycles. The Bertz CT molecular complexity index is 381. The van der Waals surface area contributed by atoms with Crippen molar-refractivity contribution in [2.75, 3.05) is 39.3 Å². The molecule has 1 rings (SSSR count). The van der Waals surface area contributed by atoms with Gasteiger partial charge in [-0.2, -0.15) is 0 Å². The van der Waals surface area contributed by atoms with Crippen LogP contribution in [-0.2, 0) is 25.0 Å². The van der Waals surface area contributed by atoms with Gasteiger partial charge < -0.3 is 0 Å². The van der Waals surface area contributed by atoms with Gasteiger partial charge in [0, 0.05) is 0 Å². The molecule has 0 saturated carbocycles. The van der Waals surface area contributed by atoms with Crippen molar-refractivity contribution in [3.63, 3.8) is 0 Å². The molecular formula is C19H37HfN3. The maximum atomic E-state index is 2.86. The molecule has 0 radical (unpaired) electrons. The summed E-state index contributed by atoms with van der Waals surface area (Å²) < 4.78 is 9.85. The second-order valence-electron chi connectivity index (χ2n) is 5.95. The topological polar surface area (TPSA) is 9.72 Å². The molecule has 4 heteroatoms. The van der Waals surface area contributed by atoms with E-state index in [0.717, 1.165) is 39.3 Å². The van der Waals surface area contributed by atoms with Gasteiger partial charge in [0.1, 0.15) is 0 Å². The summed E-state index contributed by atoms with van der Waals surface area (Å²) in [7, 11) is 0. The van der Waals surface area contributed by atoms with E-state index in [1.807, 2.05) is 0 Å². The van der Waals surface area contributed by atoms with E-state index >= 15 is 0 Å². The molecule has 132 valence electrons. The maximum absolute atomic E-state index is 3.05. The van der Waals surface area contributed by atoms with Crippen LogP contribution in [0.4, 0.5) is 0 Å². The molecule has 0 unspecified atom stereocenters. The Morgan fingerprint density at radius 3 is 1.26 bits per heavy atom. The molecular weight excluding hydrogens is 449 g/mol. The molecule has 0 saturated heterocycles. The molecule has 0 heterocycles. The predicted octanol–water partition coefficient (Wildman–Crippen LogP) is 4.11. The normalized spacial score (nSPS) is 12.6. The van der Waals surface area contributed by atoms with Crippen molar-refractivity contribution in [2.24, 2.45) is 0 Å². The molecule has 0 spiro atoms. The van der Waals surface area contributed by atoms with Gasteiger partial charge in [0.05, 0.1) is 0 Å². The number of rotatable bonds is 11. The molecule has 1 aromatic carbocycles. The second kappa shape index (κ2) is 10.8. The van der Waals surface area contributed by atoms with Crippen molar-refractivity contribution in [3.8, 4) is 0 Å². The fourth-order valence-electron chi connectivity index (χ4n) is 4.00. The van der Waals surface area contributed by atoms with Crippen LogP contribution in [0.2, 0.25) is 0 Å². The SMILES string of the molecule is CC[N](CC)[Hf]([CH2]c1ccccc1)([N](CC)CC)[N](CC)CC. The van der Waals surface area contributed by atoms with Gasteiger partial charge in [-0.15, -0.1) is 0 Å². The summed E-state index contributed by atoms with van der Waals surface area (Å²) >= 11 is -3.05. The Morgan fingerprint density at radius 1 is 0.609 bits per heavy atom. The second-order valence-corrected chi connectivity index (χ2v) is 19.6. The van der Waals surface area contributed by atoms with E-state index in [1.165, 1.54) is 9.74 Å². The fourth-order valence-corrected chi connectivity index (χ4v) is 24.4. The Hall–Kier alpha value is -0.0299. The zero-order chi connectivity index (χ0) is 17.3. The first-order valence-electron chi connectivity index (χ1n) is 9.43. The quantitative estimate of drug-likeness (QED) is 0.437. The summed E-state index contributed by atoms with van der Waals surface area (Å²) in [6.45, 7) is 21.0. The summed E-state index contributed by atoms with van der Waals surface area (Å²) in [6, 6.07) is 11.2. The Labute approximate surface area is 150 Å². The van der Waals surface area contributed by atoms with Crippen LogP contribution in [0.5, 0.6) is 0 Å². The van der Waals surface area contributed by atoms with Crippen LogP contribution < -0.4 is 0 Å². The van der Waals surface area contributed by atoms with Gasteiger partial charge >= 0.3 is 150 Å². The van der Waals surface area contributed by atoms with Gasteiger partial charge in [0.25, 0.3) is 0 Å². The fraction of sp³-hybridized carbons (Fsp3) is 0.684. The molecule has 1 aromatic rings. The average Bonchev–Trinajstić information content (AvgIpc) is 2.59. The molecule has 0 amide bonds. The molecule has 0 fully saturated rings. The van der Waals surface area contributed by atoms with E-state index in [4.69, 9.17) is 0 Å².